The molecule has 20 heavy (non-hydrogen) atoms. The van der Waals surface area contributed by atoms with Gasteiger partial charge in [0.25, 0.3) is 0 Å². The van der Waals surface area contributed by atoms with Crippen molar-refractivity contribution in [3.63, 3.8) is 0 Å². The topological polar surface area (TPSA) is 27.7 Å². The SMILES string of the molecule is CCC[CH2][Sn]1([CH2]CCC)[O]O[C@@H](c2ccc(C)cc2)[O]1. The van der Waals surface area contributed by atoms with Crippen LogP contribution in [0.3, 0.4) is 0 Å². The van der Waals surface area contributed by atoms with Crippen LogP contribution >= 0.6 is 0 Å². The summed E-state index contributed by atoms with van der Waals surface area (Å²) >= 11 is -2.98. The van der Waals surface area contributed by atoms with Crippen molar-refractivity contribution < 1.29 is 11.2 Å². The first kappa shape index (κ1) is 16.3. The second-order valence-electron chi connectivity index (χ2n) is 5.66. The molecule has 0 aromatic heterocycles. The molecule has 1 aliphatic rings. The average Bonchev–Trinajstić information content (AvgIpc) is 2.89. The summed E-state index contributed by atoms with van der Waals surface area (Å²) in [4.78, 5) is 5.56. The summed E-state index contributed by atoms with van der Waals surface area (Å²) < 4.78 is 14.4. The molecule has 0 amide bonds. The molecular weight excluding hydrogens is 359 g/mol. The maximum absolute atomic E-state index is 6.34. The van der Waals surface area contributed by atoms with Crippen LogP contribution in [0.5, 0.6) is 0 Å². The zero-order valence-electron chi connectivity index (χ0n) is 12.9. The summed E-state index contributed by atoms with van der Waals surface area (Å²) in [7, 11) is 0. The molecule has 1 saturated heterocycles. The van der Waals surface area contributed by atoms with Crippen LogP contribution in [0.1, 0.15) is 56.9 Å². The van der Waals surface area contributed by atoms with Gasteiger partial charge in [-0.3, -0.25) is 0 Å². The first-order valence-electron chi connectivity index (χ1n) is 7.78. The van der Waals surface area contributed by atoms with Crippen molar-refractivity contribution >= 4 is 19.2 Å². The van der Waals surface area contributed by atoms with Crippen molar-refractivity contribution in [2.45, 2.75) is 61.6 Å². The molecule has 0 aliphatic carbocycles. The van der Waals surface area contributed by atoms with Crippen molar-refractivity contribution in [2.75, 3.05) is 0 Å². The molecule has 4 heteroatoms. The molecule has 0 saturated carbocycles. The summed E-state index contributed by atoms with van der Waals surface area (Å²) in [6.07, 6.45) is 4.44. The molecule has 3 nitrogen and oxygen atoms in total. The van der Waals surface area contributed by atoms with Crippen molar-refractivity contribution in [3.05, 3.63) is 35.4 Å². The molecule has 1 aliphatic heterocycles. The summed E-state index contributed by atoms with van der Waals surface area (Å²) in [5, 5.41) is 0. The number of hydrogen-bond donors (Lipinski definition) is 0. The Morgan fingerprint density at radius 1 is 1.00 bits per heavy atom. The Hall–Kier alpha value is -0.101. The van der Waals surface area contributed by atoms with Gasteiger partial charge in [-0.2, -0.15) is 0 Å². The molecule has 1 atom stereocenters. The van der Waals surface area contributed by atoms with Gasteiger partial charge in [0.15, 0.2) is 0 Å². The van der Waals surface area contributed by atoms with Gasteiger partial charge in [-0.25, -0.2) is 0 Å². The summed E-state index contributed by atoms with van der Waals surface area (Å²) in [5.74, 6) is 0. The molecule has 1 fully saturated rings. The minimum atomic E-state index is -2.98. The first-order valence-corrected chi connectivity index (χ1v) is 14.1. The summed E-state index contributed by atoms with van der Waals surface area (Å²) in [6, 6.07) is 8.33. The van der Waals surface area contributed by atoms with Crippen molar-refractivity contribution in [2.24, 2.45) is 0 Å². The van der Waals surface area contributed by atoms with Gasteiger partial charge in [-0.05, 0) is 0 Å². The molecule has 0 N–H and O–H groups in total. The third-order valence-electron chi connectivity index (χ3n) is 3.78. The zero-order chi connectivity index (χ0) is 14.4. The van der Waals surface area contributed by atoms with Gasteiger partial charge in [-0.1, -0.05) is 0 Å². The van der Waals surface area contributed by atoms with E-state index in [9.17, 15) is 0 Å². The van der Waals surface area contributed by atoms with Gasteiger partial charge >= 0.3 is 127 Å². The Morgan fingerprint density at radius 3 is 2.15 bits per heavy atom. The number of hydrogen-bond acceptors (Lipinski definition) is 3. The fraction of sp³-hybridized carbons (Fsp3) is 0.625. The average molecular weight is 385 g/mol. The fourth-order valence-corrected chi connectivity index (χ4v) is 11.9. The van der Waals surface area contributed by atoms with E-state index in [0.29, 0.717) is 0 Å². The Balaban J connectivity index is 2.03. The third kappa shape index (κ3) is 4.20. The van der Waals surface area contributed by atoms with E-state index in [4.69, 9.17) is 11.2 Å². The molecule has 0 spiro atoms. The third-order valence-corrected chi connectivity index (χ3v) is 13.1. The molecule has 0 bridgehead atoms. The van der Waals surface area contributed by atoms with Gasteiger partial charge in [-0.15, -0.1) is 0 Å². The van der Waals surface area contributed by atoms with E-state index < -0.39 is 19.2 Å². The van der Waals surface area contributed by atoms with Crippen LogP contribution in [0.4, 0.5) is 0 Å². The number of rotatable bonds is 7. The van der Waals surface area contributed by atoms with Crippen LogP contribution in [0.25, 0.3) is 0 Å². The first-order chi connectivity index (χ1) is 9.69. The molecule has 0 unspecified atom stereocenters. The van der Waals surface area contributed by atoms with Crippen LogP contribution in [0.2, 0.25) is 8.87 Å². The molecule has 2 rings (SSSR count). The van der Waals surface area contributed by atoms with E-state index in [0.717, 1.165) is 14.4 Å². The molecule has 1 heterocycles. The normalized spacial score (nSPS) is 21.2. The van der Waals surface area contributed by atoms with Gasteiger partial charge in [0.2, 0.25) is 0 Å². The van der Waals surface area contributed by atoms with Gasteiger partial charge in [0, 0.05) is 0 Å². The Labute approximate surface area is 127 Å². The number of benzene rings is 1. The standard InChI is InChI=1S/C8H9O3.2C4H9.Sn/c1-6-2-4-7(5-3-6)8(9)11-10;2*1-3-4-2;/h2-5,8,10H,1H3;2*1,3-4H2,2H3;/q-1;;;+2/p-1/t8-;;;/m0.../s1. The van der Waals surface area contributed by atoms with E-state index in [1.807, 2.05) is 0 Å². The van der Waals surface area contributed by atoms with Crippen molar-refractivity contribution in [1.29, 1.82) is 0 Å². The predicted octanol–water partition coefficient (Wildman–Crippen LogP) is 5.01. The molecule has 1 aromatic carbocycles. The van der Waals surface area contributed by atoms with Crippen LogP contribution in [0, 0.1) is 6.92 Å². The van der Waals surface area contributed by atoms with Crippen molar-refractivity contribution in [1.82, 2.24) is 0 Å². The Bertz CT molecular complexity index is 397. The van der Waals surface area contributed by atoms with Gasteiger partial charge in [0.1, 0.15) is 0 Å². The molecule has 1 aromatic rings. The Morgan fingerprint density at radius 2 is 1.60 bits per heavy atom. The quantitative estimate of drug-likeness (QED) is 0.488. The minimum absolute atomic E-state index is 0.305. The van der Waals surface area contributed by atoms with E-state index >= 15 is 0 Å². The summed E-state index contributed by atoms with van der Waals surface area (Å²) in [6.45, 7) is 6.52. The van der Waals surface area contributed by atoms with E-state index in [-0.39, 0.29) is 6.29 Å². The van der Waals surface area contributed by atoms with E-state index in [1.54, 1.807) is 0 Å². The van der Waals surface area contributed by atoms with Crippen LogP contribution in [0.15, 0.2) is 24.3 Å². The fourth-order valence-electron chi connectivity index (χ4n) is 2.43. The maximum atomic E-state index is 6.34. The van der Waals surface area contributed by atoms with Gasteiger partial charge < -0.3 is 0 Å². The molecular formula is C16H26O3Sn. The number of aryl methyl sites for hydroxylation is 1. The molecule has 0 radical (unpaired) electrons. The second-order valence-corrected chi connectivity index (χ2v) is 14.9. The van der Waals surface area contributed by atoms with Gasteiger partial charge in [0.05, 0.1) is 0 Å². The molecule has 112 valence electrons. The predicted molar refractivity (Wildman–Crippen MR) is 82.4 cm³/mol. The summed E-state index contributed by atoms with van der Waals surface area (Å²) in [5.41, 5.74) is 2.32. The van der Waals surface area contributed by atoms with Crippen LogP contribution in [-0.2, 0) is 11.2 Å². The van der Waals surface area contributed by atoms with Crippen LogP contribution in [-0.4, -0.2) is 19.2 Å². The van der Waals surface area contributed by atoms with Crippen LogP contribution < -0.4 is 0 Å². The monoisotopic (exact) mass is 386 g/mol. The number of unbranched alkanes of at least 4 members (excludes halogenated alkanes) is 2. The Kier molecular flexibility index (Phi) is 6.33. The second kappa shape index (κ2) is 7.78. The van der Waals surface area contributed by atoms with Crippen molar-refractivity contribution in [3.8, 4) is 0 Å². The van der Waals surface area contributed by atoms with E-state index in [2.05, 4.69) is 45.0 Å². The zero-order valence-corrected chi connectivity index (χ0v) is 15.7. The van der Waals surface area contributed by atoms with E-state index in [1.165, 1.54) is 31.2 Å².